The Labute approximate surface area is 472 Å². The molecule has 0 heterocycles. The van der Waals surface area contributed by atoms with Crippen LogP contribution in [-0.2, 0) is 5.41 Å². The van der Waals surface area contributed by atoms with Gasteiger partial charge in [0, 0.05) is 5.41 Å². The predicted octanol–water partition coefficient (Wildman–Crippen LogP) is -14.9. The van der Waals surface area contributed by atoms with Gasteiger partial charge < -0.3 is 0 Å². The van der Waals surface area contributed by atoms with Crippen molar-refractivity contribution < 1.29 is 0 Å². The molecule has 0 aromatic heterocycles. The highest BCUT2D eigenvalue weighted by molar-refractivity contribution is 6.77. The highest BCUT2D eigenvalue weighted by Crippen LogP contribution is 2.51. The maximum atomic E-state index is 2.61. The van der Waals surface area contributed by atoms with E-state index in [0.29, 0.717) is 0 Å². The lowest BCUT2D eigenvalue weighted by molar-refractivity contribution is 0.661. The van der Waals surface area contributed by atoms with Crippen LogP contribution < -0.4 is 98.3 Å². The Morgan fingerprint density at radius 2 is 0.494 bits per heavy atom. The first-order valence-electron chi connectivity index (χ1n) is 28.4. The van der Waals surface area contributed by atoms with E-state index in [0.717, 1.165) is 0 Å². The molecule has 0 amide bonds. The molecule has 0 N–H and O–H groups in total. The van der Waals surface area contributed by atoms with Crippen molar-refractivity contribution in [3.63, 3.8) is 0 Å². The van der Waals surface area contributed by atoms with E-state index in [1.165, 1.54) is 230 Å². The van der Waals surface area contributed by atoms with Crippen LogP contribution in [0.1, 0.15) is 25.0 Å². The number of hydrogen-bond donors (Lipinski definition) is 0. The molecule has 1 aliphatic carbocycles. The summed E-state index contributed by atoms with van der Waals surface area (Å²) in [6.45, 7) is 4.87. The fourth-order valence-electron chi connectivity index (χ4n) is 15.9. The van der Waals surface area contributed by atoms with Crippen molar-refractivity contribution in [1.82, 2.24) is 0 Å². The van der Waals surface area contributed by atoms with Crippen LogP contribution in [-0.4, -0.2) is 141 Å². The van der Waals surface area contributed by atoms with Crippen molar-refractivity contribution in [3.05, 3.63) is 96.1 Å². The topological polar surface area (TPSA) is 0 Å². The van der Waals surface area contributed by atoms with E-state index in [1.807, 2.05) is 0 Å². The number of rotatable bonds is 4. The van der Waals surface area contributed by atoms with Crippen molar-refractivity contribution in [3.8, 4) is 55.6 Å². The van der Waals surface area contributed by atoms with E-state index in [4.69, 9.17) is 0 Å². The first kappa shape index (κ1) is 50.4. The Morgan fingerprint density at radius 1 is 0.221 bits per heavy atom. The second kappa shape index (κ2) is 16.9. The van der Waals surface area contributed by atoms with Gasteiger partial charge >= 0.3 is 0 Å². The fourth-order valence-corrected chi connectivity index (χ4v) is 15.9. The summed E-state index contributed by atoms with van der Waals surface area (Å²) >= 11 is 0. The largest absolute Gasteiger partial charge is 0.139 e. The third-order valence-electron chi connectivity index (χ3n) is 21.3. The highest BCUT2D eigenvalue weighted by atomic mass is 14.4. The zero-order valence-electron chi connectivity index (χ0n) is 49.6. The first-order valence-corrected chi connectivity index (χ1v) is 28.4. The highest BCUT2D eigenvalue weighted by Gasteiger charge is 2.36. The Bertz CT molecular complexity index is 4460. The molecule has 0 nitrogen and oxygen atoms in total. The van der Waals surface area contributed by atoms with Crippen LogP contribution in [0, 0.1) is 0 Å². The fraction of sp³-hybridized carbons (Fsp3) is 0.0508. The number of hydrogen-bond acceptors (Lipinski definition) is 0. The van der Waals surface area contributed by atoms with Gasteiger partial charge in [0.05, 0.1) is 0 Å². The van der Waals surface area contributed by atoms with Crippen LogP contribution in [0.3, 0.4) is 0 Å². The van der Waals surface area contributed by atoms with Crippen LogP contribution >= 0.6 is 0 Å². The molecule has 12 aromatic carbocycles. The third-order valence-corrected chi connectivity index (χ3v) is 21.3. The summed E-state index contributed by atoms with van der Waals surface area (Å²) in [4.78, 5) is 0. The molecular formula is C59H56B18. The minimum Gasteiger partial charge on any atom is -0.100 e. The van der Waals surface area contributed by atoms with Gasteiger partial charge in [-0.3, -0.25) is 0 Å². The Balaban J connectivity index is 1.18. The normalized spacial score (nSPS) is 13.1. The molecule has 0 spiro atoms. The molecule has 12 aromatic rings. The minimum atomic E-state index is -0.191. The Hall–Kier alpha value is -6.11. The van der Waals surface area contributed by atoms with Crippen molar-refractivity contribution in [2.24, 2.45) is 0 Å². The predicted molar refractivity (Wildman–Crippen MR) is 400 cm³/mol. The van der Waals surface area contributed by atoms with Gasteiger partial charge in [-0.05, 0) is 162 Å². The Kier molecular flexibility index (Phi) is 11.1. The lowest BCUT2D eigenvalue weighted by Gasteiger charge is -2.30. The smallest absolute Gasteiger partial charge is 0.100 e. The van der Waals surface area contributed by atoms with Crippen molar-refractivity contribution >= 4 is 304 Å². The monoisotopic (exact) mass is 963 g/mol. The van der Waals surface area contributed by atoms with E-state index >= 15 is 0 Å². The minimum absolute atomic E-state index is 0.191. The standard InChI is InChI=1S/C59H56B18/c1-59(2)25-15-18(17-6-4-3-5-7-17)8-10-23(25)24-11-9-19(16-26(24)59)20-12-21(27-33-29-31-37(47(66)43(33)62)53(72)57(76)55(74)39(31)51(70)49(68)35(29)45(64)41(27)60)14-22(13-20)28-34-30-32-38(48(67)44(34)63)54(73)58(77)56(75)40(32)52(71)50(69)36(30)46(65)42(28)61/h3-16H,60-77H2,1-2H3. The van der Waals surface area contributed by atoms with Gasteiger partial charge in [0.1, 0.15) is 141 Å². The van der Waals surface area contributed by atoms with Crippen LogP contribution in [0.4, 0.5) is 0 Å². The first-order chi connectivity index (χ1) is 36.5. The van der Waals surface area contributed by atoms with Gasteiger partial charge in [0.15, 0.2) is 0 Å². The van der Waals surface area contributed by atoms with Crippen LogP contribution in [0.2, 0.25) is 0 Å². The lowest BCUT2D eigenvalue weighted by Crippen LogP contribution is -2.48. The van der Waals surface area contributed by atoms with Crippen LogP contribution in [0.25, 0.3) is 120 Å². The lowest BCUT2D eigenvalue weighted by atomic mass is 9.58. The molecule has 346 valence electrons. The van der Waals surface area contributed by atoms with E-state index in [2.05, 4.69) is 240 Å². The SMILES string of the molecule is Bc1c(B)c2c(B)c(B)c3c(B)c(B)c(-c4cc(-c5ccc6c(c5)C(C)(C)c5cc(-c7ccccc7)ccc5-6)cc(-c5c(B)c(B)c6c(B)c(B)c7c(B)c(B)c(B)c8c(B)c(B)c5c6c78)c4)c4c(B)c(B)c(c1B)c2c34. The molecule has 0 aliphatic heterocycles. The van der Waals surface area contributed by atoms with Gasteiger partial charge in [-0.25, -0.2) is 0 Å². The van der Waals surface area contributed by atoms with Crippen molar-refractivity contribution in [2.75, 3.05) is 0 Å². The summed E-state index contributed by atoms with van der Waals surface area (Å²) in [5.74, 6) is 0. The van der Waals surface area contributed by atoms with Gasteiger partial charge in [0.2, 0.25) is 0 Å². The quantitative estimate of drug-likeness (QED) is 0.122. The summed E-state index contributed by atoms with van der Waals surface area (Å²) in [6.07, 6.45) is 0. The van der Waals surface area contributed by atoms with Gasteiger partial charge in [-0.1, -0.05) is 156 Å². The summed E-state index contributed by atoms with van der Waals surface area (Å²) < 4.78 is 0. The molecule has 1 aliphatic rings. The second-order valence-corrected chi connectivity index (χ2v) is 24.8. The van der Waals surface area contributed by atoms with Crippen LogP contribution in [0.15, 0.2) is 84.9 Å². The van der Waals surface area contributed by atoms with Gasteiger partial charge in [-0.15, -0.1) is 10.9 Å². The van der Waals surface area contributed by atoms with E-state index < -0.39 is 0 Å². The molecule has 0 saturated heterocycles. The third kappa shape index (κ3) is 6.43. The van der Waals surface area contributed by atoms with E-state index in [1.54, 1.807) is 0 Å². The van der Waals surface area contributed by atoms with Crippen molar-refractivity contribution in [1.29, 1.82) is 0 Å². The maximum Gasteiger partial charge on any atom is 0.139 e. The molecule has 0 radical (unpaired) electrons. The summed E-state index contributed by atoms with van der Waals surface area (Å²) in [7, 11) is 43.0. The van der Waals surface area contributed by atoms with Crippen molar-refractivity contribution in [2.45, 2.75) is 19.3 Å². The van der Waals surface area contributed by atoms with Gasteiger partial charge in [0.25, 0.3) is 0 Å². The molecule has 13 rings (SSSR count). The maximum absolute atomic E-state index is 2.61. The van der Waals surface area contributed by atoms with E-state index in [-0.39, 0.29) is 5.41 Å². The molecule has 18 heteroatoms. The average molecular weight is 960 g/mol. The summed E-state index contributed by atoms with van der Waals surface area (Å²) in [6, 6.07) is 33.2. The van der Waals surface area contributed by atoms with E-state index in [9.17, 15) is 0 Å². The zero-order chi connectivity index (χ0) is 54.6. The molecule has 77 heavy (non-hydrogen) atoms. The number of fused-ring (bicyclic) bond motifs is 3. The molecule has 0 saturated carbocycles. The average Bonchev–Trinajstić information content (AvgIpc) is 3.87. The molecule has 0 fully saturated rings. The van der Waals surface area contributed by atoms with Gasteiger partial charge in [-0.2, -0.15) is 0 Å². The van der Waals surface area contributed by atoms with Crippen LogP contribution in [0.5, 0.6) is 0 Å². The summed E-state index contributed by atoms with van der Waals surface area (Å²) in [5.41, 5.74) is 40.9. The number of benzene rings is 12. The summed E-state index contributed by atoms with van der Waals surface area (Å²) in [5, 5.41) is 17.3. The zero-order valence-corrected chi connectivity index (χ0v) is 49.6. The molecular weight excluding hydrogens is 903 g/mol. The molecule has 0 unspecified atom stereocenters. The molecule has 0 atom stereocenters. The Morgan fingerprint density at radius 3 is 0.844 bits per heavy atom. The second-order valence-electron chi connectivity index (χ2n) is 24.8. The molecule has 0 bridgehead atoms.